The molecule has 0 saturated carbocycles. The van der Waals surface area contributed by atoms with Gasteiger partial charge in [-0.25, -0.2) is 5.43 Å². The Bertz CT molecular complexity index is 175. The molecule has 7 heteroatoms. The first-order valence-corrected chi connectivity index (χ1v) is 2.89. The Kier molecular flexibility index (Phi) is 1.90. The van der Waals surface area contributed by atoms with E-state index in [4.69, 9.17) is 5.84 Å². The van der Waals surface area contributed by atoms with Crippen molar-refractivity contribution in [2.75, 3.05) is 0 Å². The Balaban J connectivity index is 2.55. The van der Waals surface area contributed by atoms with E-state index in [1.54, 1.807) is 0 Å². The molecule has 0 aliphatic carbocycles. The van der Waals surface area contributed by atoms with Crippen molar-refractivity contribution in [1.82, 2.24) is 10.9 Å². The van der Waals surface area contributed by atoms with Gasteiger partial charge in [-0.1, -0.05) is 0 Å². The summed E-state index contributed by atoms with van der Waals surface area (Å²) in [6.45, 7) is 0. The normalized spacial score (nSPS) is 29.0. The molecule has 1 heterocycles. The molecule has 0 amide bonds. The number of hydrogen-bond donors (Lipinski definition) is 3. The molecule has 1 unspecified atom stereocenters. The monoisotopic (exact) mass is 168 g/mol. The minimum Gasteiger partial charge on any atom is -0.322 e. The summed E-state index contributed by atoms with van der Waals surface area (Å²) in [4.78, 5) is 0. The van der Waals surface area contributed by atoms with Crippen LogP contribution in [0.2, 0.25) is 0 Å². The van der Waals surface area contributed by atoms with E-state index in [1.807, 2.05) is 5.43 Å². The molecule has 1 aliphatic rings. The van der Waals surface area contributed by atoms with Gasteiger partial charge in [-0.2, -0.15) is 18.3 Å². The molecule has 4 nitrogen and oxygen atoms in total. The maximum absolute atomic E-state index is 11.9. The van der Waals surface area contributed by atoms with Crippen molar-refractivity contribution in [3.8, 4) is 0 Å². The minimum absolute atomic E-state index is 0.118. The first-order chi connectivity index (χ1) is 5.04. The Hall–Kier alpha value is -0.980. The Morgan fingerprint density at radius 2 is 2.18 bits per heavy atom. The summed E-state index contributed by atoms with van der Waals surface area (Å²) in [6, 6.07) is -1.58. The van der Waals surface area contributed by atoms with Crippen molar-refractivity contribution in [3.05, 3.63) is 0 Å². The van der Waals surface area contributed by atoms with Crippen molar-refractivity contribution >= 4 is 5.84 Å². The topological polar surface area (TPSA) is 62.4 Å². The number of alkyl halides is 3. The van der Waals surface area contributed by atoms with Gasteiger partial charge in [0, 0.05) is 6.42 Å². The van der Waals surface area contributed by atoms with E-state index in [9.17, 15) is 13.2 Å². The largest absolute Gasteiger partial charge is 0.406 e. The van der Waals surface area contributed by atoms with Crippen LogP contribution in [0.25, 0.3) is 0 Å². The molecule has 0 aromatic carbocycles. The second kappa shape index (κ2) is 2.57. The SMILES string of the molecule is N/N=C1/CC(C(F)(F)F)NN1. The zero-order valence-electron chi connectivity index (χ0n) is 5.44. The summed E-state index contributed by atoms with van der Waals surface area (Å²) in [7, 11) is 0. The smallest absolute Gasteiger partial charge is 0.322 e. The highest BCUT2D eigenvalue weighted by Gasteiger charge is 2.43. The summed E-state index contributed by atoms with van der Waals surface area (Å²) in [5.74, 6) is 4.88. The van der Waals surface area contributed by atoms with Crippen molar-refractivity contribution < 1.29 is 13.2 Å². The van der Waals surface area contributed by atoms with Crippen LogP contribution in [-0.2, 0) is 0 Å². The molecule has 0 aromatic heterocycles. The molecular formula is C4H7F3N4. The number of rotatable bonds is 0. The molecule has 1 saturated heterocycles. The van der Waals surface area contributed by atoms with Crippen LogP contribution in [0.3, 0.4) is 0 Å². The van der Waals surface area contributed by atoms with Crippen molar-refractivity contribution in [2.24, 2.45) is 10.9 Å². The van der Waals surface area contributed by atoms with Gasteiger partial charge in [0.2, 0.25) is 0 Å². The fraction of sp³-hybridized carbons (Fsp3) is 0.750. The zero-order valence-corrected chi connectivity index (χ0v) is 5.44. The zero-order chi connectivity index (χ0) is 8.48. The average molecular weight is 168 g/mol. The van der Waals surface area contributed by atoms with Crippen molar-refractivity contribution in [2.45, 2.75) is 18.6 Å². The second-order valence-corrected chi connectivity index (χ2v) is 2.14. The number of hydrazine groups is 1. The number of hydrazone groups is 1. The number of nitrogens with two attached hydrogens (primary N) is 1. The number of amidine groups is 1. The molecule has 0 bridgehead atoms. The van der Waals surface area contributed by atoms with E-state index in [0.29, 0.717) is 0 Å². The van der Waals surface area contributed by atoms with Gasteiger partial charge in [0.1, 0.15) is 11.9 Å². The van der Waals surface area contributed by atoms with E-state index in [2.05, 4.69) is 10.5 Å². The third-order valence-electron chi connectivity index (χ3n) is 1.34. The molecule has 0 radical (unpaired) electrons. The van der Waals surface area contributed by atoms with Crippen molar-refractivity contribution in [3.63, 3.8) is 0 Å². The molecule has 1 aliphatic heterocycles. The standard InChI is InChI=1S/C4H7F3N4/c5-4(6,7)2-1-3(9-8)11-10-2/h2,10H,1,8H2,(H,9,11). The first kappa shape index (κ1) is 8.12. The van der Waals surface area contributed by atoms with Crippen LogP contribution in [0.15, 0.2) is 5.10 Å². The van der Waals surface area contributed by atoms with Crippen LogP contribution in [0.5, 0.6) is 0 Å². The third-order valence-corrected chi connectivity index (χ3v) is 1.34. The molecular weight excluding hydrogens is 161 g/mol. The maximum Gasteiger partial charge on any atom is 0.406 e. The van der Waals surface area contributed by atoms with Gasteiger partial charge in [0.05, 0.1) is 0 Å². The van der Waals surface area contributed by atoms with E-state index in [0.717, 1.165) is 0 Å². The van der Waals surface area contributed by atoms with Gasteiger partial charge in [-0.15, -0.1) is 0 Å². The van der Waals surface area contributed by atoms with Crippen LogP contribution < -0.4 is 16.7 Å². The van der Waals surface area contributed by atoms with Gasteiger partial charge in [0.15, 0.2) is 0 Å². The number of nitrogens with zero attached hydrogens (tertiary/aromatic N) is 1. The van der Waals surface area contributed by atoms with E-state index in [1.165, 1.54) is 0 Å². The van der Waals surface area contributed by atoms with Crippen LogP contribution >= 0.6 is 0 Å². The van der Waals surface area contributed by atoms with E-state index < -0.39 is 12.2 Å². The lowest BCUT2D eigenvalue weighted by atomic mass is 10.2. The fourth-order valence-corrected chi connectivity index (χ4v) is 0.748. The Morgan fingerprint density at radius 3 is 2.45 bits per heavy atom. The summed E-state index contributed by atoms with van der Waals surface area (Å²) in [5.41, 5.74) is 4.23. The van der Waals surface area contributed by atoms with Gasteiger partial charge < -0.3 is 11.3 Å². The number of nitrogens with one attached hydrogen (secondary N) is 2. The van der Waals surface area contributed by atoms with Crippen LogP contribution in [0.1, 0.15) is 6.42 Å². The maximum atomic E-state index is 11.9. The molecule has 11 heavy (non-hydrogen) atoms. The summed E-state index contributed by atoms with van der Waals surface area (Å²) < 4.78 is 35.6. The molecule has 0 spiro atoms. The first-order valence-electron chi connectivity index (χ1n) is 2.89. The lowest BCUT2D eigenvalue weighted by molar-refractivity contribution is -0.152. The molecule has 0 aromatic rings. The Labute approximate surface area is 60.6 Å². The minimum atomic E-state index is -4.25. The van der Waals surface area contributed by atoms with Crippen LogP contribution in [-0.4, -0.2) is 18.1 Å². The molecule has 4 N–H and O–H groups in total. The van der Waals surface area contributed by atoms with Gasteiger partial charge in [0.25, 0.3) is 0 Å². The molecule has 64 valence electrons. The quantitative estimate of drug-likeness (QED) is 0.343. The van der Waals surface area contributed by atoms with Crippen LogP contribution in [0, 0.1) is 0 Å². The predicted octanol–water partition coefficient (Wildman–Crippen LogP) is -0.313. The van der Waals surface area contributed by atoms with E-state index in [-0.39, 0.29) is 12.3 Å². The van der Waals surface area contributed by atoms with Crippen molar-refractivity contribution in [1.29, 1.82) is 0 Å². The number of halogens is 3. The lowest BCUT2D eigenvalue weighted by Gasteiger charge is -2.11. The van der Waals surface area contributed by atoms with Gasteiger partial charge in [-0.3, -0.25) is 0 Å². The molecule has 1 atom stereocenters. The lowest BCUT2D eigenvalue weighted by Crippen LogP contribution is -2.41. The molecule has 1 fully saturated rings. The predicted molar refractivity (Wildman–Crippen MR) is 32.4 cm³/mol. The summed E-state index contributed by atoms with van der Waals surface area (Å²) >= 11 is 0. The highest BCUT2D eigenvalue weighted by atomic mass is 19.4. The molecule has 1 rings (SSSR count). The van der Waals surface area contributed by atoms with E-state index >= 15 is 0 Å². The highest BCUT2D eigenvalue weighted by Crippen LogP contribution is 2.23. The van der Waals surface area contributed by atoms with Gasteiger partial charge in [-0.05, 0) is 0 Å². The van der Waals surface area contributed by atoms with Crippen LogP contribution in [0.4, 0.5) is 13.2 Å². The second-order valence-electron chi connectivity index (χ2n) is 2.14. The van der Waals surface area contributed by atoms with Gasteiger partial charge >= 0.3 is 6.18 Å². The highest BCUT2D eigenvalue weighted by molar-refractivity contribution is 5.83. The summed E-state index contributed by atoms with van der Waals surface area (Å²) in [6.07, 6.45) is -4.49. The Morgan fingerprint density at radius 1 is 1.55 bits per heavy atom. The number of hydrogen-bond acceptors (Lipinski definition) is 3. The fourth-order valence-electron chi connectivity index (χ4n) is 0.748. The summed E-state index contributed by atoms with van der Waals surface area (Å²) in [5, 5.41) is 3.09. The third kappa shape index (κ3) is 1.73. The average Bonchev–Trinajstić information content (AvgIpc) is 2.32.